The Hall–Kier alpha value is -1.75. The van der Waals surface area contributed by atoms with E-state index in [-0.39, 0.29) is 12.0 Å². The van der Waals surface area contributed by atoms with Gasteiger partial charge in [-0.2, -0.15) is 0 Å². The maximum atomic E-state index is 11.7. The molecule has 5 nitrogen and oxygen atoms in total. The van der Waals surface area contributed by atoms with Gasteiger partial charge in [-0.25, -0.2) is 4.79 Å². The minimum Gasteiger partial charge on any atom is -0.497 e. The second-order valence-electron chi connectivity index (χ2n) is 4.10. The van der Waals surface area contributed by atoms with Gasteiger partial charge in [0.05, 0.1) is 13.7 Å². The van der Waals surface area contributed by atoms with E-state index in [4.69, 9.17) is 19.9 Å². The molecule has 0 aliphatic carbocycles. The average molecular weight is 251 g/mol. The number of carbonyl (C=O) groups excluding carboxylic acids is 1. The lowest BCUT2D eigenvalue weighted by molar-refractivity contribution is -0.152. The summed E-state index contributed by atoms with van der Waals surface area (Å²) in [4.78, 5) is 11.7. The van der Waals surface area contributed by atoms with Gasteiger partial charge in [0.15, 0.2) is 6.10 Å². The van der Waals surface area contributed by atoms with Crippen molar-refractivity contribution in [3.63, 3.8) is 0 Å². The van der Waals surface area contributed by atoms with Crippen molar-refractivity contribution in [2.45, 2.75) is 25.5 Å². The van der Waals surface area contributed by atoms with Gasteiger partial charge in [-0.1, -0.05) is 6.07 Å². The summed E-state index contributed by atoms with van der Waals surface area (Å²) in [5.41, 5.74) is 6.92. The van der Waals surface area contributed by atoms with Crippen molar-refractivity contribution in [1.82, 2.24) is 0 Å². The van der Waals surface area contributed by atoms with Crippen LogP contribution in [0.2, 0.25) is 0 Å². The van der Waals surface area contributed by atoms with E-state index in [1.54, 1.807) is 20.1 Å². The van der Waals surface area contributed by atoms with Crippen LogP contribution in [0.25, 0.3) is 0 Å². The molecule has 0 spiro atoms. The molecule has 1 aromatic rings. The van der Waals surface area contributed by atoms with Gasteiger partial charge in [0.1, 0.15) is 11.5 Å². The van der Waals surface area contributed by atoms with Crippen LogP contribution >= 0.6 is 0 Å². The highest BCUT2D eigenvalue weighted by Crippen LogP contribution is 2.36. The molecule has 0 saturated heterocycles. The molecule has 0 fully saturated rings. The van der Waals surface area contributed by atoms with Crippen molar-refractivity contribution in [3.05, 3.63) is 23.8 Å². The van der Waals surface area contributed by atoms with Gasteiger partial charge in [-0.05, 0) is 13.0 Å². The zero-order valence-electron chi connectivity index (χ0n) is 10.5. The fraction of sp³-hybridized carbons (Fsp3) is 0.462. The molecule has 1 heterocycles. The Kier molecular flexibility index (Phi) is 3.72. The van der Waals surface area contributed by atoms with E-state index < -0.39 is 6.10 Å². The number of rotatable bonds is 3. The predicted octanol–water partition coefficient (Wildman–Crippen LogP) is 1.41. The predicted molar refractivity (Wildman–Crippen MR) is 65.6 cm³/mol. The van der Waals surface area contributed by atoms with Crippen molar-refractivity contribution >= 4 is 5.97 Å². The lowest BCUT2D eigenvalue weighted by Gasteiger charge is -2.29. The Labute approximate surface area is 106 Å². The standard InChI is InChI=1S/C13H17NO4/c1-3-17-13(15)12-7-10(14)9-5-4-8(16-2)6-11(9)18-12/h4-6,10,12H,3,7,14H2,1-2H3. The molecule has 0 bridgehead atoms. The summed E-state index contributed by atoms with van der Waals surface area (Å²) in [6.45, 7) is 2.09. The molecular weight excluding hydrogens is 234 g/mol. The van der Waals surface area contributed by atoms with Crippen LogP contribution in [-0.2, 0) is 9.53 Å². The van der Waals surface area contributed by atoms with Gasteiger partial charge in [-0.15, -0.1) is 0 Å². The largest absolute Gasteiger partial charge is 0.497 e. The number of benzene rings is 1. The van der Waals surface area contributed by atoms with Crippen LogP contribution in [0.15, 0.2) is 18.2 Å². The van der Waals surface area contributed by atoms with Gasteiger partial charge < -0.3 is 19.9 Å². The van der Waals surface area contributed by atoms with E-state index in [2.05, 4.69) is 0 Å². The van der Waals surface area contributed by atoms with Gasteiger partial charge in [0.25, 0.3) is 0 Å². The number of methoxy groups -OCH3 is 1. The molecule has 98 valence electrons. The molecule has 0 saturated carbocycles. The van der Waals surface area contributed by atoms with Crippen LogP contribution in [0, 0.1) is 0 Å². The Bertz CT molecular complexity index is 447. The Morgan fingerprint density at radius 1 is 1.56 bits per heavy atom. The Morgan fingerprint density at radius 3 is 3.00 bits per heavy atom. The molecule has 1 aromatic carbocycles. The molecule has 2 atom stereocenters. The summed E-state index contributed by atoms with van der Waals surface area (Å²) in [5, 5.41) is 0. The number of carbonyl (C=O) groups is 1. The number of nitrogens with two attached hydrogens (primary N) is 1. The summed E-state index contributed by atoms with van der Waals surface area (Å²) >= 11 is 0. The summed E-state index contributed by atoms with van der Waals surface area (Å²) in [6, 6.07) is 5.20. The molecule has 0 radical (unpaired) electrons. The quantitative estimate of drug-likeness (QED) is 0.822. The third-order valence-corrected chi connectivity index (χ3v) is 2.91. The summed E-state index contributed by atoms with van der Waals surface area (Å²) < 4.78 is 15.7. The van der Waals surface area contributed by atoms with E-state index in [0.717, 1.165) is 5.56 Å². The molecule has 1 aliphatic rings. The fourth-order valence-corrected chi connectivity index (χ4v) is 1.99. The highest BCUT2D eigenvalue weighted by molar-refractivity contribution is 5.75. The van der Waals surface area contributed by atoms with Crippen molar-refractivity contribution in [2.75, 3.05) is 13.7 Å². The number of hydrogen-bond acceptors (Lipinski definition) is 5. The van der Waals surface area contributed by atoms with E-state index >= 15 is 0 Å². The molecule has 0 aromatic heterocycles. The van der Waals surface area contributed by atoms with Crippen molar-refractivity contribution < 1.29 is 19.0 Å². The van der Waals surface area contributed by atoms with Crippen LogP contribution in [0.1, 0.15) is 24.9 Å². The lowest BCUT2D eigenvalue weighted by Crippen LogP contribution is -2.36. The van der Waals surface area contributed by atoms with Crippen LogP contribution in [0.3, 0.4) is 0 Å². The van der Waals surface area contributed by atoms with Crippen molar-refractivity contribution in [3.8, 4) is 11.5 Å². The van der Waals surface area contributed by atoms with Crippen molar-refractivity contribution in [1.29, 1.82) is 0 Å². The highest BCUT2D eigenvalue weighted by Gasteiger charge is 2.32. The monoisotopic (exact) mass is 251 g/mol. The second-order valence-corrected chi connectivity index (χ2v) is 4.10. The Morgan fingerprint density at radius 2 is 2.33 bits per heavy atom. The molecule has 1 aliphatic heterocycles. The lowest BCUT2D eigenvalue weighted by atomic mass is 9.97. The minimum atomic E-state index is -0.639. The third-order valence-electron chi connectivity index (χ3n) is 2.91. The van der Waals surface area contributed by atoms with Crippen molar-refractivity contribution in [2.24, 2.45) is 5.73 Å². The summed E-state index contributed by atoms with van der Waals surface area (Å²) in [5.74, 6) is 0.887. The fourth-order valence-electron chi connectivity index (χ4n) is 1.99. The first kappa shape index (κ1) is 12.7. The molecule has 0 amide bonds. The van der Waals surface area contributed by atoms with Gasteiger partial charge in [-0.3, -0.25) is 0 Å². The highest BCUT2D eigenvalue weighted by atomic mass is 16.6. The van der Waals surface area contributed by atoms with Crippen LogP contribution in [0.4, 0.5) is 0 Å². The first-order valence-electron chi connectivity index (χ1n) is 5.92. The molecule has 2 rings (SSSR count). The zero-order chi connectivity index (χ0) is 13.1. The van der Waals surface area contributed by atoms with E-state index in [0.29, 0.717) is 24.5 Å². The van der Waals surface area contributed by atoms with Crippen LogP contribution in [-0.4, -0.2) is 25.8 Å². The summed E-state index contributed by atoms with van der Waals surface area (Å²) in [6.07, 6.45) is -0.211. The molecule has 2 N–H and O–H groups in total. The number of ether oxygens (including phenoxy) is 3. The SMILES string of the molecule is CCOC(=O)C1CC(N)c2ccc(OC)cc2O1. The normalized spacial score (nSPS) is 21.7. The van der Waals surface area contributed by atoms with E-state index in [9.17, 15) is 4.79 Å². The van der Waals surface area contributed by atoms with Gasteiger partial charge in [0.2, 0.25) is 0 Å². The Balaban J connectivity index is 2.23. The summed E-state index contributed by atoms with van der Waals surface area (Å²) in [7, 11) is 1.58. The van der Waals surface area contributed by atoms with E-state index in [1.165, 1.54) is 0 Å². The zero-order valence-corrected chi connectivity index (χ0v) is 10.5. The smallest absolute Gasteiger partial charge is 0.347 e. The van der Waals surface area contributed by atoms with Crippen LogP contribution in [0.5, 0.6) is 11.5 Å². The van der Waals surface area contributed by atoms with Gasteiger partial charge in [0, 0.05) is 24.1 Å². The average Bonchev–Trinajstić information content (AvgIpc) is 2.38. The molecular formula is C13H17NO4. The van der Waals surface area contributed by atoms with Crippen LogP contribution < -0.4 is 15.2 Å². The topological polar surface area (TPSA) is 70.8 Å². The van der Waals surface area contributed by atoms with E-state index in [1.807, 2.05) is 12.1 Å². The third kappa shape index (κ3) is 2.41. The number of fused-ring (bicyclic) bond motifs is 1. The maximum absolute atomic E-state index is 11.7. The molecule has 5 heteroatoms. The number of esters is 1. The number of hydrogen-bond donors (Lipinski definition) is 1. The molecule has 2 unspecified atom stereocenters. The van der Waals surface area contributed by atoms with Gasteiger partial charge >= 0.3 is 5.97 Å². The minimum absolute atomic E-state index is 0.228. The first-order valence-corrected chi connectivity index (χ1v) is 5.92. The molecule has 18 heavy (non-hydrogen) atoms. The first-order chi connectivity index (χ1) is 8.65. The maximum Gasteiger partial charge on any atom is 0.347 e. The second kappa shape index (κ2) is 5.27.